The Labute approximate surface area is 138 Å². The van der Waals surface area contributed by atoms with Gasteiger partial charge in [0.1, 0.15) is 0 Å². The van der Waals surface area contributed by atoms with Crippen LogP contribution in [-0.4, -0.2) is 11.1 Å². The molecule has 126 valence electrons. The average Bonchev–Trinajstić information content (AvgIpc) is 2.99. The summed E-state index contributed by atoms with van der Waals surface area (Å²) in [6.45, 7) is 8.65. The van der Waals surface area contributed by atoms with Gasteiger partial charge in [0.15, 0.2) is 0 Å². The van der Waals surface area contributed by atoms with E-state index >= 15 is 0 Å². The molecule has 3 rings (SSSR count). The largest absolute Gasteiger partial charge is 0.481 e. The lowest BCUT2D eigenvalue weighted by molar-refractivity contribution is -0.164. The van der Waals surface area contributed by atoms with Crippen LogP contribution in [0.5, 0.6) is 0 Å². The molecule has 0 bridgehead atoms. The fourth-order valence-corrected chi connectivity index (χ4v) is 5.48. The van der Waals surface area contributed by atoms with Crippen LogP contribution < -0.4 is 0 Å². The van der Waals surface area contributed by atoms with Gasteiger partial charge in [-0.1, -0.05) is 25.5 Å². The smallest absolute Gasteiger partial charge is 0.309 e. The summed E-state index contributed by atoms with van der Waals surface area (Å²) in [5.41, 5.74) is 2.02. The number of furan rings is 1. The van der Waals surface area contributed by atoms with Crippen LogP contribution in [0.25, 0.3) is 0 Å². The predicted octanol–water partition coefficient (Wildman–Crippen LogP) is 5.08. The maximum Gasteiger partial charge on any atom is 0.309 e. The molecule has 3 heteroatoms. The minimum atomic E-state index is -0.616. The van der Waals surface area contributed by atoms with Gasteiger partial charge in [-0.15, -0.1) is 0 Å². The molecule has 2 fully saturated rings. The van der Waals surface area contributed by atoms with Crippen LogP contribution in [0.2, 0.25) is 0 Å². The Hall–Kier alpha value is -1.51. The monoisotopic (exact) mass is 316 g/mol. The van der Waals surface area contributed by atoms with Crippen molar-refractivity contribution in [2.45, 2.75) is 58.8 Å². The normalized spacial score (nSPS) is 37.4. The highest BCUT2D eigenvalue weighted by molar-refractivity contribution is 5.75. The molecule has 3 nitrogen and oxygen atoms in total. The van der Waals surface area contributed by atoms with Crippen LogP contribution in [0.4, 0.5) is 0 Å². The molecule has 1 heterocycles. The van der Waals surface area contributed by atoms with Gasteiger partial charge in [-0.25, -0.2) is 0 Å². The maximum atomic E-state index is 12.0. The summed E-state index contributed by atoms with van der Waals surface area (Å²) in [5.74, 6) is 0.0470. The summed E-state index contributed by atoms with van der Waals surface area (Å²) in [4.78, 5) is 12.0. The van der Waals surface area contributed by atoms with Gasteiger partial charge in [-0.2, -0.15) is 0 Å². The number of aliphatic carboxylic acids is 1. The lowest BCUT2D eigenvalue weighted by Crippen LogP contribution is -2.53. The number of aryl methyl sites for hydroxylation is 1. The SMILES string of the molecule is C=C1CCC2[C@@](C)(C(=O)O)CCC[C@@]2(C)[C@@H]1CCc1ccoc1. The topological polar surface area (TPSA) is 50.4 Å². The van der Waals surface area contributed by atoms with Crippen LogP contribution in [-0.2, 0) is 11.2 Å². The van der Waals surface area contributed by atoms with Gasteiger partial charge in [0.25, 0.3) is 0 Å². The van der Waals surface area contributed by atoms with Crippen molar-refractivity contribution in [3.8, 4) is 0 Å². The molecule has 2 aliphatic carbocycles. The fraction of sp³-hybridized carbons (Fsp3) is 0.650. The minimum absolute atomic E-state index is 0.0600. The molecule has 1 aromatic rings. The second-order valence-corrected chi connectivity index (χ2v) is 8.05. The first-order chi connectivity index (χ1) is 10.9. The molecular weight excluding hydrogens is 288 g/mol. The van der Waals surface area contributed by atoms with Gasteiger partial charge >= 0.3 is 5.97 Å². The maximum absolute atomic E-state index is 12.0. The molecular formula is C20H28O3. The van der Waals surface area contributed by atoms with Crippen molar-refractivity contribution in [1.29, 1.82) is 0 Å². The average molecular weight is 316 g/mol. The molecule has 1 unspecified atom stereocenters. The minimum Gasteiger partial charge on any atom is -0.481 e. The van der Waals surface area contributed by atoms with Crippen LogP contribution >= 0.6 is 0 Å². The number of carbonyl (C=O) groups is 1. The van der Waals surface area contributed by atoms with Crippen molar-refractivity contribution in [3.05, 3.63) is 36.3 Å². The van der Waals surface area contributed by atoms with E-state index in [0.29, 0.717) is 5.92 Å². The standard InChI is InChI=1S/C20H28O3/c1-14-5-8-17-19(2,10-4-11-20(17,3)18(21)22)16(14)7-6-15-9-12-23-13-15/h9,12-13,16-17H,1,4-8,10-11H2,2-3H3,(H,21,22)/t16-,17?,19+,20+/m1/s1. The van der Waals surface area contributed by atoms with E-state index in [9.17, 15) is 9.90 Å². The van der Waals surface area contributed by atoms with Crippen LogP contribution in [0.3, 0.4) is 0 Å². The van der Waals surface area contributed by atoms with Crippen molar-refractivity contribution in [2.75, 3.05) is 0 Å². The third kappa shape index (κ3) is 2.64. The number of carboxylic acids is 1. The Morgan fingerprint density at radius 2 is 2.22 bits per heavy atom. The van der Waals surface area contributed by atoms with E-state index in [4.69, 9.17) is 4.42 Å². The molecule has 0 amide bonds. The van der Waals surface area contributed by atoms with E-state index in [1.807, 2.05) is 19.3 Å². The fourth-order valence-electron chi connectivity index (χ4n) is 5.48. The van der Waals surface area contributed by atoms with Crippen LogP contribution in [0.1, 0.15) is 57.9 Å². The van der Waals surface area contributed by atoms with Crippen molar-refractivity contribution < 1.29 is 14.3 Å². The molecule has 0 spiro atoms. The molecule has 0 aromatic carbocycles. The summed E-state index contributed by atoms with van der Waals surface area (Å²) < 4.78 is 5.18. The number of hydrogen-bond donors (Lipinski definition) is 1. The van der Waals surface area contributed by atoms with Crippen LogP contribution in [0, 0.1) is 22.7 Å². The molecule has 23 heavy (non-hydrogen) atoms. The van der Waals surface area contributed by atoms with Gasteiger partial charge in [-0.3, -0.25) is 4.79 Å². The summed E-state index contributed by atoms with van der Waals surface area (Å²) in [7, 11) is 0. The zero-order valence-corrected chi connectivity index (χ0v) is 14.3. The van der Waals surface area contributed by atoms with E-state index in [1.165, 1.54) is 11.1 Å². The van der Waals surface area contributed by atoms with Gasteiger partial charge in [0.05, 0.1) is 17.9 Å². The molecule has 0 radical (unpaired) electrons. The van der Waals surface area contributed by atoms with Gasteiger partial charge < -0.3 is 9.52 Å². The van der Waals surface area contributed by atoms with E-state index in [0.717, 1.165) is 44.9 Å². The van der Waals surface area contributed by atoms with Gasteiger partial charge in [0.2, 0.25) is 0 Å². The first kappa shape index (κ1) is 16.4. The Morgan fingerprint density at radius 3 is 2.87 bits per heavy atom. The highest BCUT2D eigenvalue weighted by atomic mass is 16.4. The summed E-state index contributed by atoms with van der Waals surface area (Å²) in [5, 5.41) is 9.85. The highest BCUT2D eigenvalue weighted by Crippen LogP contribution is 2.61. The number of rotatable bonds is 4. The molecule has 4 atom stereocenters. The van der Waals surface area contributed by atoms with E-state index in [2.05, 4.69) is 13.5 Å². The van der Waals surface area contributed by atoms with Crippen molar-refractivity contribution in [2.24, 2.45) is 22.7 Å². The van der Waals surface area contributed by atoms with Gasteiger partial charge in [0, 0.05) is 0 Å². The molecule has 2 saturated carbocycles. The Balaban J connectivity index is 1.86. The predicted molar refractivity (Wildman–Crippen MR) is 90.1 cm³/mol. The van der Waals surface area contributed by atoms with Crippen molar-refractivity contribution >= 4 is 5.97 Å². The number of hydrogen-bond acceptors (Lipinski definition) is 2. The Kier molecular flexibility index (Phi) is 4.16. The van der Waals surface area contributed by atoms with E-state index < -0.39 is 11.4 Å². The first-order valence-electron chi connectivity index (χ1n) is 8.80. The van der Waals surface area contributed by atoms with Crippen LogP contribution in [0.15, 0.2) is 35.2 Å². The molecule has 2 aliphatic rings. The third-order valence-electron chi connectivity index (χ3n) is 6.81. The molecule has 1 aromatic heterocycles. The summed E-state index contributed by atoms with van der Waals surface area (Å²) in [6, 6.07) is 2.02. The molecule has 0 saturated heterocycles. The lowest BCUT2D eigenvalue weighted by atomic mass is 9.46. The Morgan fingerprint density at radius 1 is 1.43 bits per heavy atom. The lowest BCUT2D eigenvalue weighted by Gasteiger charge is -2.57. The Bertz CT molecular complexity index is 588. The number of allylic oxidation sites excluding steroid dienone is 1. The second kappa shape index (κ2) is 5.85. The van der Waals surface area contributed by atoms with Crippen molar-refractivity contribution in [1.82, 2.24) is 0 Å². The third-order valence-corrected chi connectivity index (χ3v) is 6.81. The van der Waals surface area contributed by atoms with E-state index in [-0.39, 0.29) is 11.3 Å². The van der Waals surface area contributed by atoms with E-state index in [1.54, 1.807) is 6.26 Å². The number of fused-ring (bicyclic) bond motifs is 1. The second-order valence-electron chi connectivity index (χ2n) is 8.05. The van der Waals surface area contributed by atoms with Gasteiger partial charge in [-0.05, 0) is 74.3 Å². The summed E-state index contributed by atoms with van der Waals surface area (Å²) >= 11 is 0. The molecule has 0 aliphatic heterocycles. The quantitative estimate of drug-likeness (QED) is 0.788. The number of carboxylic acid groups (broad SMARTS) is 1. The molecule has 1 N–H and O–H groups in total. The van der Waals surface area contributed by atoms with Crippen molar-refractivity contribution in [3.63, 3.8) is 0 Å². The zero-order valence-electron chi connectivity index (χ0n) is 14.3. The highest BCUT2D eigenvalue weighted by Gasteiger charge is 2.57. The zero-order chi connectivity index (χ0) is 16.7. The first-order valence-corrected chi connectivity index (χ1v) is 8.80. The summed E-state index contributed by atoms with van der Waals surface area (Å²) in [6.07, 6.45) is 10.4.